The Balaban J connectivity index is 1.87. The molecule has 0 aliphatic carbocycles. The van der Waals surface area contributed by atoms with Gasteiger partial charge < -0.3 is 14.8 Å². The van der Waals surface area contributed by atoms with Crippen LogP contribution in [0.25, 0.3) is 0 Å². The largest absolute Gasteiger partial charge is 0.497 e. The first-order chi connectivity index (χ1) is 11.2. The minimum Gasteiger partial charge on any atom is -0.497 e. The fraction of sp³-hybridized carbons (Fsp3) is 0.176. The van der Waals surface area contributed by atoms with Gasteiger partial charge in [0.25, 0.3) is 0 Å². The van der Waals surface area contributed by atoms with Gasteiger partial charge in [-0.25, -0.2) is 0 Å². The highest BCUT2D eigenvalue weighted by molar-refractivity contribution is 7.80. The predicted molar refractivity (Wildman–Crippen MR) is 96.2 cm³/mol. The lowest BCUT2D eigenvalue weighted by molar-refractivity contribution is 0.394. The molecule has 0 amide bonds. The van der Waals surface area contributed by atoms with Gasteiger partial charge in [-0.1, -0.05) is 30.3 Å². The van der Waals surface area contributed by atoms with Crippen LogP contribution < -0.4 is 20.2 Å². The highest BCUT2D eigenvalue weighted by atomic mass is 32.1. The monoisotopic (exact) mass is 329 g/mol. The highest BCUT2D eigenvalue weighted by Gasteiger charge is 2.02. The molecule has 0 atom stereocenters. The molecule has 0 saturated heterocycles. The Labute approximate surface area is 141 Å². The number of methoxy groups -OCH3 is 2. The summed E-state index contributed by atoms with van der Waals surface area (Å²) in [6.07, 6.45) is 1.65. The molecule has 2 aromatic rings. The van der Waals surface area contributed by atoms with Crippen molar-refractivity contribution in [3.63, 3.8) is 0 Å². The van der Waals surface area contributed by atoms with Crippen LogP contribution in [-0.2, 0) is 6.54 Å². The molecule has 0 saturated carbocycles. The molecule has 0 aromatic heterocycles. The number of thiocarbonyl (C=S) groups is 1. The Morgan fingerprint density at radius 1 is 1.13 bits per heavy atom. The number of benzene rings is 2. The molecule has 0 aliphatic rings. The molecule has 0 bridgehead atoms. The van der Waals surface area contributed by atoms with Crippen LogP contribution in [0.3, 0.4) is 0 Å². The molecule has 0 radical (unpaired) electrons. The third-order valence-corrected chi connectivity index (χ3v) is 3.34. The minimum atomic E-state index is 0.456. The second-order valence-electron chi connectivity index (χ2n) is 4.65. The molecule has 0 aliphatic heterocycles. The zero-order chi connectivity index (χ0) is 16.5. The molecule has 0 unspecified atom stereocenters. The van der Waals surface area contributed by atoms with E-state index in [9.17, 15) is 0 Å². The predicted octanol–water partition coefficient (Wildman–Crippen LogP) is 2.70. The van der Waals surface area contributed by atoms with Gasteiger partial charge in [0, 0.05) is 18.2 Å². The molecule has 5 nitrogen and oxygen atoms in total. The topological polar surface area (TPSA) is 54.9 Å². The van der Waals surface area contributed by atoms with Crippen molar-refractivity contribution in [2.75, 3.05) is 14.2 Å². The van der Waals surface area contributed by atoms with Crippen molar-refractivity contribution in [1.82, 2.24) is 10.7 Å². The first-order valence-electron chi connectivity index (χ1n) is 7.06. The summed E-state index contributed by atoms with van der Waals surface area (Å²) >= 11 is 5.18. The van der Waals surface area contributed by atoms with Crippen LogP contribution in [-0.4, -0.2) is 25.5 Å². The highest BCUT2D eigenvalue weighted by Crippen LogP contribution is 2.22. The molecule has 23 heavy (non-hydrogen) atoms. The fourth-order valence-electron chi connectivity index (χ4n) is 1.90. The summed E-state index contributed by atoms with van der Waals surface area (Å²) in [5.74, 6) is 1.41. The van der Waals surface area contributed by atoms with Gasteiger partial charge in [0.15, 0.2) is 5.11 Å². The van der Waals surface area contributed by atoms with E-state index in [0.717, 1.165) is 16.9 Å². The molecule has 0 fully saturated rings. The van der Waals surface area contributed by atoms with Gasteiger partial charge in [-0.3, -0.25) is 5.43 Å². The Hall–Kier alpha value is -2.60. The second kappa shape index (κ2) is 8.75. The lowest BCUT2D eigenvalue weighted by atomic mass is 10.2. The fourth-order valence-corrected chi connectivity index (χ4v) is 2.03. The third kappa shape index (κ3) is 5.27. The van der Waals surface area contributed by atoms with Crippen molar-refractivity contribution in [2.24, 2.45) is 5.10 Å². The van der Waals surface area contributed by atoms with Gasteiger partial charge in [0.2, 0.25) is 0 Å². The normalized spacial score (nSPS) is 10.3. The van der Waals surface area contributed by atoms with Gasteiger partial charge >= 0.3 is 0 Å². The Morgan fingerprint density at radius 3 is 2.61 bits per heavy atom. The Morgan fingerprint density at radius 2 is 1.91 bits per heavy atom. The number of hydrogen-bond acceptors (Lipinski definition) is 4. The van der Waals surface area contributed by atoms with Crippen LogP contribution in [0.15, 0.2) is 53.6 Å². The SMILES string of the molecule is COc1ccc(C=NNC(=S)NCc2ccccc2)c(OC)c1. The summed E-state index contributed by atoms with van der Waals surface area (Å²) in [5, 5.41) is 7.66. The Bertz CT molecular complexity index is 675. The van der Waals surface area contributed by atoms with Crippen molar-refractivity contribution in [2.45, 2.75) is 6.54 Å². The van der Waals surface area contributed by atoms with Crippen LogP contribution in [0.4, 0.5) is 0 Å². The molecular formula is C17H19N3O2S. The van der Waals surface area contributed by atoms with Crippen molar-refractivity contribution in [1.29, 1.82) is 0 Å². The van der Waals surface area contributed by atoms with Crippen molar-refractivity contribution < 1.29 is 9.47 Å². The summed E-state index contributed by atoms with van der Waals surface area (Å²) < 4.78 is 10.5. The van der Waals surface area contributed by atoms with Crippen LogP contribution in [0.5, 0.6) is 11.5 Å². The van der Waals surface area contributed by atoms with Crippen LogP contribution >= 0.6 is 12.2 Å². The maximum atomic E-state index is 5.30. The van der Waals surface area contributed by atoms with E-state index in [1.807, 2.05) is 42.5 Å². The minimum absolute atomic E-state index is 0.456. The summed E-state index contributed by atoms with van der Waals surface area (Å²) in [7, 11) is 3.21. The van der Waals surface area contributed by atoms with Gasteiger partial charge in [-0.05, 0) is 29.9 Å². The van der Waals surface area contributed by atoms with Crippen LogP contribution in [0.2, 0.25) is 0 Å². The molecular weight excluding hydrogens is 310 g/mol. The van der Waals surface area contributed by atoms with E-state index in [-0.39, 0.29) is 0 Å². The van der Waals surface area contributed by atoms with Crippen molar-refractivity contribution in [3.8, 4) is 11.5 Å². The number of nitrogens with zero attached hydrogens (tertiary/aromatic N) is 1. The summed E-state index contributed by atoms with van der Waals surface area (Å²) in [6, 6.07) is 15.5. The average Bonchev–Trinajstić information content (AvgIpc) is 2.61. The van der Waals surface area contributed by atoms with E-state index in [0.29, 0.717) is 17.4 Å². The first kappa shape index (κ1) is 16.8. The van der Waals surface area contributed by atoms with Gasteiger partial charge in [-0.2, -0.15) is 5.10 Å². The molecule has 6 heteroatoms. The molecule has 2 aromatic carbocycles. The number of hydrogen-bond donors (Lipinski definition) is 2. The second-order valence-corrected chi connectivity index (χ2v) is 5.05. The summed E-state index contributed by atoms with van der Waals surface area (Å²) in [4.78, 5) is 0. The standard InChI is InChI=1S/C17H19N3O2S/c1-21-15-9-8-14(16(10-15)22-2)12-19-20-17(23)18-11-13-6-4-3-5-7-13/h3-10,12H,11H2,1-2H3,(H2,18,20,23). The smallest absolute Gasteiger partial charge is 0.187 e. The van der Waals surface area contributed by atoms with Gasteiger partial charge in [-0.15, -0.1) is 0 Å². The zero-order valence-electron chi connectivity index (χ0n) is 13.1. The molecule has 2 N–H and O–H groups in total. The maximum Gasteiger partial charge on any atom is 0.187 e. The molecule has 120 valence electrons. The number of hydrazone groups is 1. The Kier molecular flexibility index (Phi) is 6.38. The van der Waals surface area contributed by atoms with E-state index < -0.39 is 0 Å². The van der Waals surface area contributed by atoms with Crippen molar-refractivity contribution in [3.05, 3.63) is 59.7 Å². The van der Waals surface area contributed by atoms with E-state index in [1.54, 1.807) is 26.5 Å². The zero-order valence-corrected chi connectivity index (χ0v) is 13.9. The lowest BCUT2D eigenvalue weighted by Crippen LogP contribution is -2.31. The lowest BCUT2D eigenvalue weighted by Gasteiger charge is -2.08. The first-order valence-corrected chi connectivity index (χ1v) is 7.46. The van der Waals surface area contributed by atoms with E-state index in [4.69, 9.17) is 21.7 Å². The third-order valence-electron chi connectivity index (χ3n) is 3.11. The van der Waals surface area contributed by atoms with E-state index in [2.05, 4.69) is 15.8 Å². The molecule has 0 spiro atoms. The van der Waals surface area contributed by atoms with Crippen LogP contribution in [0.1, 0.15) is 11.1 Å². The average molecular weight is 329 g/mol. The van der Waals surface area contributed by atoms with Crippen LogP contribution in [0, 0.1) is 0 Å². The number of ether oxygens (including phenoxy) is 2. The summed E-state index contributed by atoms with van der Waals surface area (Å²) in [6.45, 7) is 0.647. The molecule has 2 rings (SSSR count). The quantitative estimate of drug-likeness (QED) is 0.485. The van der Waals surface area contributed by atoms with Gasteiger partial charge in [0.1, 0.15) is 11.5 Å². The van der Waals surface area contributed by atoms with E-state index >= 15 is 0 Å². The maximum absolute atomic E-state index is 5.30. The summed E-state index contributed by atoms with van der Waals surface area (Å²) in [5.41, 5.74) is 4.76. The number of rotatable bonds is 6. The molecule has 0 heterocycles. The van der Waals surface area contributed by atoms with Crippen molar-refractivity contribution >= 4 is 23.5 Å². The van der Waals surface area contributed by atoms with Gasteiger partial charge in [0.05, 0.1) is 20.4 Å². The van der Waals surface area contributed by atoms with E-state index in [1.165, 1.54) is 0 Å². The number of nitrogens with one attached hydrogen (secondary N) is 2.